The van der Waals surface area contributed by atoms with Crippen LogP contribution in [0.15, 0.2) is 0 Å². The highest BCUT2D eigenvalue weighted by Gasteiger charge is 2.35. The second-order valence-electron chi connectivity index (χ2n) is 5.83. The molecule has 0 saturated carbocycles. The van der Waals surface area contributed by atoms with Crippen molar-refractivity contribution < 1.29 is 9.90 Å². The normalized spacial score (nSPS) is 27.1. The zero-order chi connectivity index (χ0) is 12.5. The van der Waals surface area contributed by atoms with Crippen molar-refractivity contribution in [3.8, 4) is 0 Å². The lowest BCUT2D eigenvalue weighted by molar-refractivity contribution is -0.128. The third-order valence-corrected chi connectivity index (χ3v) is 4.01. The summed E-state index contributed by atoms with van der Waals surface area (Å²) in [6.45, 7) is 7.47. The molecule has 0 aliphatic carbocycles. The summed E-state index contributed by atoms with van der Waals surface area (Å²) in [4.78, 5) is 15.8. The molecule has 1 N–H and O–H groups in total. The summed E-state index contributed by atoms with van der Waals surface area (Å²) >= 11 is 0. The first-order valence-corrected chi connectivity index (χ1v) is 6.72. The number of amides is 1. The second-order valence-corrected chi connectivity index (χ2v) is 5.83. The van der Waals surface area contributed by atoms with Gasteiger partial charge >= 0.3 is 0 Å². The van der Waals surface area contributed by atoms with Gasteiger partial charge in [0.05, 0.1) is 5.60 Å². The minimum absolute atomic E-state index is 0.250. The van der Waals surface area contributed by atoms with Crippen LogP contribution >= 0.6 is 0 Å². The molecule has 2 saturated heterocycles. The maximum atomic E-state index is 11.5. The zero-order valence-electron chi connectivity index (χ0n) is 11.0. The van der Waals surface area contributed by atoms with Crippen molar-refractivity contribution in [1.82, 2.24) is 9.80 Å². The Bertz CT molecular complexity index is 286. The number of aliphatic hydroxyl groups is 1. The van der Waals surface area contributed by atoms with Gasteiger partial charge in [-0.2, -0.15) is 0 Å². The number of carbonyl (C=O) groups is 1. The van der Waals surface area contributed by atoms with E-state index in [1.54, 1.807) is 0 Å². The Kier molecular flexibility index (Phi) is 3.73. The van der Waals surface area contributed by atoms with Crippen molar-refractivity contribution in [2.75, 3.05) is 26.2 Å². The SMILES string of the molecule is CC(C)(O)C1CCCN1CCN1CCCC1=O. The van der Waals surface area contributed by atoms with Crippen LogP contribution < -0.4 is 0 Å². The second kappa shape index (κ2) is 4.94. The number of rotatable bonds is 4. The summed E-state index contributed by atoms with van der Waals surface area (Å²) in [6, 6.07) is 0.250. The maximum Gasteiger partial charge on any atom is 0.222 e. The van der Waals surface area contributed by atoms with Gasteiger partial charge in [0.1, 0.15) is 0 Å². The minimum Gasteiger partial charge on any atom is -0.389 e. The van der Waals surface area contributed by atoms with E-state index in [1.165, 1.54) is 0 Å². The fourth-order valence-electron chi connectivity index (χ4n) is 3.08. The molecule has 4 heteroatoms. The van der Waals surface area contributed by atoms with Crippen molar-refractivity contribution in [3.63, 3.8) is 0 Å². The Morgan fingerprint density at radius 3 is 2.65 bits per heavy atom. The van der Waals surface area contributed by atoms with Gasteiger partial charge < -0.3 is 10.0 Å². The Morgan fingerprint density at radius 2 is 2.06 bits per heavy atom. The molecule has 2 aliphatic heterocycles. The van der Waals surface area contributed by atoms with Crippen molar-refractivity contribution >= 4 is 5.91 Å². The average molecular weight is 240 g/mol. The van der Waals surface area contributed by atoms with Crippen LogP contribution in [0.2, 0.25) is 0 Å². The van der Waals surface area contributed by atoms with Crippen LogP contribution in [0.3, 0.4) is 0 Å². The summed E-state index contributed by atoms with van der Waals surface area (Å²) < 4.78 is 0. The highest BCUT2D eigenvalue weighted by Crippen LogP contribution is 2.26. The van der Waals surface area contributed by atoms with Crippen LogP contribution in [0.25, 0.3) is 0 Å². The number of hydrogen-bond donors (Lipinski definition) is 1. The number of likely N-dealkylation sites (tertiary alicyclic amines) is 2. The van der Waals surface area contributed by atoms with Gasteiger partial charge in [0, 0.05) is 32.1 Å². The lowest BCUT2D eigenvalue weighted by Gasteiger charge is -2.34. The molecule has 0 aromatic carbocycles. The van der Waals surface area contributed by atoms with E-state index in [0.29, 0.717) is 5.91 Å². The summed E-state index contributed by atoms with van der Waals surface area (Å²) in [6.07, 6.45) is 3.95. The molecule has 2 aliphatic rings. The average Bonchev–Trinajstić information content (AvgIpc) is 2.82. The fourth-order valence-corrected chi connectivity index (χ4v) is 3.08. The van der Waals surface area contributed by atoms with Gasteiger partial charge in [-0.25, -0.2) is 0 Å². The summed E-state index contributed by atoms with van der Waals surface area (Å²) in [5.41, 5.74) is -0.633. The van der Waals surface area contributed by atoms with E-state index in [0.717, 1.165) is 51.9 Å². The third kappa shape index (κ3) is 2.99. The van der Waals surface area contributed by atoms with Crippen LogP contribution in [-0.4, -0.2) is 58.6 Å². The van der Waals surface area contributed by atoms with Crippen LogP contribution in [0.4, 0.5) is 0 Å². The molecule has 0 aromatic rings. The third-order valence-electron chi connectivity index (χ3n) is 4.01. The molecular weight excluding hydrogens is 216 g/mol. The van der Waals surface area contributed by atoms with Crippen LogP contribution in [-0.2, 0) is 4.79 Å². The lowest BCUT2D eigenvalue weighted by atomic mass is 9.97. The minimum atomic E-state index is -0.633. The van der Waals surface area contributed by atoms with E-state index in [2.05, 4.69) is 4.90 Å². The van der Waals surface area contributed by atoms with Crippen molar-refractivity contribution in [3.05, 3.63) is 0 Å². The fraction of sp³-hybridized carbons (Fsp3) is 0.923. The monoisotopic (exact) mass is 240 g/mol. The quantitative estimate of drug-likeness (QED) is 0.792. The zero-order valence-corrected chi connectivity index (χ0v) is 11.0. The van der Waals surface area contributed by atoms with Gasteiger partial charge in [-0.1, -0.05) is 0 Å². The molecule has 2 heterocycles. The van der Waals surface area contributed by atoms with E-state index in [1.807, 2.05) is 18.7 Å². The Balaban J connectivity index is 1.84. The largest absolute Gasteiger partial charge is 0.389 e. The molecule has 0 aromatic heterocycles. The summed E-state index contributed by atoms with van der Waals surface area (Å²) in [5, 5.41) is 10.1. The molecule has 2 rings (SSSR count). The number of hydrogen-bond acceptors (Lipinski definition) is 3. The van der Waals surface area contributed by atoms with Crippen molar-refractivity contribution in [2.45, 2.75) is 51.2 Å². The molecule has 98 valence electrons. The lowest BCUT2D eigenvalue weighted by Crippen LogP contribution is -2.48. The highest BCUT2D eigenvalue weighted by atomic mass is 16.3. The molecule has 4 nitrogen and oxygen atoms in total. The van der Waals surface area contributed by atoms with E-state index in [4.69, 9.17) is 0 Å². The Labute approximate surface area is 104 Å². The standard InChI is InChI=1S/C13H24N2O2/c1-13(2,17)11-5-3-7-14(11)9-10-15-8-4-6-12(15)16/h11,17H,3-10H2,1-2H3. The topological polar surface area (TPSA) is 43.8 Å². The van der Waals surface area contributed by atoms with Crippen molar-refractivity contribution in [1.29, 1.82) is 0 Å². The van der Waals surface area contributed by atoms with Gasteiger partial charge in [0.15, 0.2) is 0 Å². The molecular formula is C13H24N2O2. The Morgan fingerprint density at radius 1 is 1.29 bits per heavy atom. The van der Waals surface area contributed by atoms with Gasteiger partial charge in [-0.3, -0.25) is 9.69 Å². The van der Waals surface area contributed by atoms with Gasteiger partial charge in [0.2, 0.25) is 5.91 Å². The molecule has 0 bridgehead atoms. The summed E-state index contributed by atoms with van der Waals surface area (Å²) in [5.74, 6) is 0.295. The van der Waals surface area contributed by atoms with Gasteiger partial charge in [0.25, 0.3) is 0 Å². The first kappa shape index (κ1) is 12.8. The molecule has 0 spiro atoms. The molecule has 1 atom stereocenters. The Hall–Kier alpha value is -0.610. The van der Waals surface area contributed by atoms with Gasteiger partial charge in [-0.15, -0.1) is 0 Å². The van der Waals surface area contributed by atoms with Crippen molar-refractivity contribution in [2.24, 2.45) is 0 Å². The van der Waals surface area contributed by atoms with Crippen LogP contribution in [0.5, 0.6) is 0 Å². The summed E-state index contributed by atoms with van der Waals surface area (Å²) in [7, 11) is 0. The smallest absolute Gasteiger partial charge is 0.222 e. The highest BCUT2D eigenvalue weighted by molar-refractivity contribution is 5.78. The molecule has 0 radical (unpaired) electrons. The van der Waals surface area contributed by atoms with E-state index in [-0.39, 0.29) is 6.04 Å². The van der Waals surface area contributed by atoms with Gasteiger partial charge in [-0.05, 0) is 39.7 Å². The van der Waals surface area contributed by atoms with Crippen LogP contribution in [0, 0.1) is 0 Å². The molecule has 2 fully saturated rings. The van der Waals surface area contributed by atoms with E-state index >= 15 is 0 Å². The van der Waals surface area contributed by atoms with E-state index < -0.39 is 5.60 Å². The van der Waals surface area contributed by atoms with Crippen LogP contribution in [0.1, 0.15) is 39.5 Å². The molecule has 1 unspecified atom stereocenters. The number of carbonyl (C=O) groups excluding carboxylic acids is 1. The first-order chi connectivity index (χ1) is 7.98. The maximum absolute atomic E-state index is 11.5. The van der Waals surface area contributed by atoms with E-state index in [9.17, 15) is 9.90 Å². The predicted molar refractivity (Wildman–Crippen MR) is 66.7 cm³/mol. The first-order valence-electron chi connectivity index (χ1n) is 6.72. The number of nitrogens with zero attached hydrogens (tertiary/aromatic N) is 2. The molecule has 17 heavy (non-hydrogen) atoms. The molecule has 1 amide bonds. The predicted octanol–water partition coefficient (Wildman–Crippen LogP) is 0.844.